The van der Waals surface area contributed by atoms with E-state index < -0.39 is 0 Å². The van der Waals surface area contributed by atoms with Crippen molar-refractivity contribution >= 4 is 0 Å². The van der Waals surface area contributed by atoms with Crippen molar-refractivity contribution in [2.45, 2.75) is 50.6 Å². The number of hydrogen-bond donors (Lipinski definition) is 2. The monoisotopic (exact) mass is 237 g/mol. The van der Waals surface area contributed by atoms with Crippen molar-refractivity contribution in [3.63, 3.8) is 0 Å². The van der Waals surface area contributed by atoms with E-state index in [4.69, 9.17) is 5.73 Å². The van der Waals surface area contributed by atoms with Gasteiger partial charge in [0.1, 0.15) is 0 Å². The number of rotatable bonds is 6. The predicted molar refractivity (Wildman–Crippen MR) is 70.9 cm³/mol. The first-order valence-corrected chi connectivity index (χ1v) is 7.54. The van der Waals surface area contributed by atoms with Crippen LogP contribution in [-0.4, -0.2) is 43.2 Å². The van der Waals surface area contributed by atoms with E-state index in [1.165, 1.54) is 64.7 Å². The smallest absolute Gasteiger partial charge is 0.0124 e. The second kappa shape index (κ2) is 5.25. The zero-order chi connectivity index (χ0) is 11.7. The highest BCUT2D eigenvalue weighted by atomic mass is 15.2. The van der Waals surface area contributed by atoms with Crippen molar-refractivity contribution in [2.24, 2.45) is 17.6 Å². The van der Waals surface area contributed by atoms with E-state index in [9.17, 15) is 0 Å². The molecule has 3 fully saturated rings. The number of nitrogens with one attached hydrogen (secondary N) is 1. The van der Waals surface area contributed by atoms with Crippen LogP contribution in [0.2, 0.25) is 0 Å². The summed E-state index contributed by atoms with van der Waals surface area (Å²) in [5.74, 6) is 2.05. The van der Waals surface area contributed by atoms with E-state index in [1.807, 2.05) is 0 Å². The van der Waals surface area contributed by atoms with Crippen molar-refractivity contribution in [1.82, 2.24) is 10.2 Å². The van der Waals surface area contributed by atoms with Crippen molar-refractivity contribution in [1.29, 1.82) is 0 Å². The maximum absolute atomic E-state index is 5.93. The van der Waals surface area contributed by atoms with Crippen LogP contribution in [0.4, 0.5) is 0 Å². The molecule has 0 aromatic rings. The molecule has 3 nitrogen and oxygen atoms in total. The fourth-order valence-electron chi connectivity index (χ4n) is 3.19. The Labute approximate surface area is 105 Å². The quantitative estimate of drug-likeness (QED) is 0.729. The fraction of sp³-hybridized carbons (Fsp3) is 1.00. The summed E-state index contributed by atoms with van der Waals surface area (Å²) in [6.07, 6.45) is 8.29. The third kappa shape index (κ3) is 3.43. The van der Waals surface area contributed by atoms with Gasteiger partial charge in [0.05, 0.1) is 0 Å². The molecule has 3 heteroatoms. The molecule has 0 aromatic heterocycles. The number of piperidine rings is 1. The summed E-state index contributed by atoms with van der Waals surface area (Å²) in [7, 11) is 0. The Morgan fingerprint density at radius 1 is 1.00 bits per heavy atom. The van der Waals surface area contributed by atoms with Gasteiger partial charge in [-0.25, -0.2) is 0 Å². The van der Waals surface area contributed by atoms with Crippen molar-refractivity contribution in [3.8, 4) is 0 Å². The van der Waals surface area contributed by atoms with E-state index in [0.29, 0.717) is 6.04 Å². The maximum Gasteiger partial charge on any atom is 0.0124 e. The van der Waals surface area contributed by atoms with Gasteiger partial charge in [-0.05, 0) is 63.5 Å². The molecule has 2 saturated carbocycles. The molecule has 0 atom stereocenters. The zero-order valence-corrected chi connectivity index (χ0v) is 10.9. The lowest BCUT2D eigenvalue weighted by Crippen LogP contribution is -2.44. The van der Waals surface area contributed by atoms with E-state index in [2.05, 4.69) is 10.2 Å². The molecule has 0 bridgehead atoms. The van der Waals surface area contributed by atoms with E-state index in [1.54, 1.807) is 0 Å². The summed E-state index contributed by atoms with van der Waals surface area (Å²) in [4.78, 5) is 2.58. The van der Waals surface area contributed by atoms with Gasteiger partial charge in [0.15, 0.2) is 0 Å². The Morgan fingerprint density at radius 2 is 1.59 bits per heavy atom. The van der Waals surface area contributed by atoms with Gasteiger partial charge < -0.3 is 16.0 Å². The first kappa shape index (κ1) is 11.9. The van der Waals surface area contributed by atoms with Gasteiger partial charge in [0, 0.05) is 25.2 Å². The van der Waals surface area contributed by atoms with Crippen LogP contribution in [0.15, 0.2) is 0 Å². The van der Waals surface area contributed by atoms with Crippen LogP contribution in [0.5, 0.6) is 0 Å². The lowest BCUT2D eigenvalue weighted by Gasteiger charge is -2.30. The van der Waals surface area contributed by atoms with Gasteiger partial charge in [-0.1, -0.05) is 0 Å². The van der Waals surface area contributed by atoms with Gasteiger partial charge in [-0.3, -0.25) is 0 Å². The minimum atomic E-state index is 0.463. The first-order chi connectivity index (χ1) is 8.33. The minimum absolute atomic E-state index is 0.463. The average Bonchev–Trinajstić information content (AvgIpc) is 3.19. The molecule has 0 spiro atoms. The van der Waals surface area contributed by atoms with Crippen molar-refractivity contribution in [2.75, 3.05) is 26.2 Å². The maximum atomic E-state index is 5.93. The fourth-order valence-corrected chi connectivity index (χ4v) is 3.19. The van der Waals surface area contributed by atoms with Crippen molar-refractivity contribution < 1.29 is 0 Å². The number of hydrogen-bond acceptors (Lipinski definition) is 3. The highest BCUT2D eigenvalue weighted by Crippen LogP contribution is 2.44. The Bertz CT molecular complexity index is 228. The molecule has 1 saturated heterocycles. The summed E-state index contributed by atoms with van der Waals surface area (Å²) in [5, 5.41) is 3.83. The SMILES string of the molecule is NC1CCN(CCNC(C2CC2)C2CC2)CC1. The molecule has 2 aliphatic carbocycles. The molecule has 0 unspecified atom stereocenters. The topological polar surface area (TPSA) is 41.3 Å². The van der Waals surface area contributed by atoms with Crippen LogP contribution < -0.4 is 11.1 Å². The van der Waals surface area contributed by atoms with Crippen LogP contribution in [0.1, 0.15) is 38.5 Å². The predicted octanol–water partition coefficient (Wildman–Crippen LogP) is 1.19. The standard InChI is InChI=1S/C14H27N3/c15-13-5-8-17(9-6-13)10-7-16-14(11-1-2-11)12-3-4-12/h11-14,16H,1-10,15H2. The number of nitrogens with zero attached hydrogens (tertiary/aromatic N) is 1. The Balaban J connectivity index is 1.33. The van der Waals surface area contributed by atoms with Gasteiger partial charge >= 0.3 is 0 Å². The summed E-state index contributed by atoms with van der Waals surface area (Å²) < 4.78 is 0. The molecule has 0 amide bonds. The van der Waals surface area contributed by atoms with E-state index in [0.717, 1.165) is 17.9 Å². The number of likely N-dealkylation sites (tertiary alicyclic amines) is 1. The molecule has 0 radical (unpaired) electrons. The molecule has 1 aliphatic heterocycles. The van der Waals surface area contributed by atoms with Gasteiger partial charge in [0.25, 0.3) is 0 Å². The van der Waals surface area contributed by atoms with Gasteiger partial charge in [-0.2, -0.15) is 0 Å². The lowest BCUT2D eigenvalue weighted by molar-refractivity contribution is 0.209. The number of nitrogens with two attached hydrogens (primary N) is 1. The second-order valence-electron chi connectivity index (χ2n) is 6.33. The summed E-state index contributed by atoms with van der Waals surface area (Å²) in [5.41, 5.74) is 5.93. The van der Waals surface area contributed by atoms with Crippen LogP contribution >= 0.6 is 0 Å². The van der Waals surface area contributed by atoms with Crippen molar-refractivity contribution in [3.05, 3.63) is 0 Å². The second-order valence-corrected chi connectivity index (χ2v) is 6.33. The lowest BCUT2D eigenvalue weighted by atomic mass is 10.1. The normalized spacial score (nSPS) is 27.9. The highest BCUT2D eigenvalue weighted by Gasteiger charge is 2.40. The Morgan fingerprint density at radius 3 is 2.12 bits per heavy atom. The molecule has 3 rings (SSSR count). The van der Waals surface area contributed by atoms with Gasteiger partial charge in [0.2, 0.25) is 0 Å². The molecule has 0 aromatic carbocycles. The van der Waals surface area contributed by atoms with Crippen LogP contribution in [-0.2, 0) is 0 Å². The van der Waals surface area contributed by atoms with Crippen LogP contribution in [0, 0.1) is 11.8 Å². The average molecular weight is 237 g/mol. The van der Waals surface area contributed by atoms with Crippen LogP contribution in [0.25, 0.3) is 0 Å². The molecular formula is C14H27N3. The largest absolute Gasteiger partial charge is 0.328 e. The highest BCUT2D eigenvalue weighted by molar-refractivity contribution is 4.96. The molecule has 3 aliphatic rings. The van der Waals surface area contributed by atoms with E-state index >= 15 is 0 Å². The third-order valence-electron chi connectivity index (χ3n) is 4.70. The summed E-state index contributed by atoms with van der Waals surface area (Å²) in [6, 6.07) is 1.33. The minimum Gasteiger partial charge on any atom is -0.328 e. The Hall–Kier alpha value is -0.120. The third-order valence-corrected chi connectivity index (χ3v) is 4.70. The molecule has 98 valence electrons. The molecule has 3 N–H and O–H groups in total. The summed E-state index contributed by atoms with van der Waals surface area (Å²) >= 11 is 0. The van der Waals surface area contributed by atoms with E-state index in [-0.39, 0.29) is 0 Å². The zero-order valence-electron chi connectivity index (χ0n) is 10.9. The Kier molecular flexibility index (Phi) is 3.69. The first-order valence-electron chi connectivity index (χ1n) is 7.54. The molecule has 17 heavy (non-hydrogen) atoms. The van der Waals surface area contributed by atoms with Crippen LogP contribution in [0.3, 0.4) is 0 Å². The van der Waals surface area contributed by atoms with Gasteiger partial charge in [-0.15, -0.1) is 0 Å². The molecule has 1 heterocycles. The summed E-state index contributed by atoms with van der Waals surface area (Å²) in [6.45, 7) is 4.83. The molecular weight excluding hydrogens is 210 g/mol.